The van der Waals surface area contributed by atoms with Gasteiger partial charge in [-0.3, -0.25) is 0 Å². The average Bonchev–Trinajstić information content (AvgIpc) is 2.67. The molecular formula is C11H10FNOS. The van der Waals surface area contributed by atoms with Crippen molar-refractivity contribution in [3.63, 3.8) is 0 Å². The molecule has 0 radical (unpaired) electrons. The Bertz CT molecular complexity index is 467. The Hall–Kier alpha value is -1.26. The molecule has 0 aliphatic carbocycles. The second-order valence-corrected chi connectivity index (χ2v) is 4.29. The normalized spacial score (nSPS) is 12.7. The topological polar surface area (TPSA) is 33.1 Å². The Morgan fingerprint density at radius 3 is 2.73 bits per heavy atom. The molecule has 2 aromatic rings. The molecule has 1 aromatic heterocycles. The summed E-state index contributed by atoms with van der Waals surface area (Å²) < 4.78 is 13.4. The average molecular weight is 223 g/mol. The predicted molar refractivity (Wildman–Crippen MR) is 58.1 cm³/mol. The van der Waals surface area contributed by atoms with E-state index in [4.69, 9.17) is 0 Å². The van der Waals surface area contributed by atoms with E-state index < -0.39 is 6.10 Å². The Morgan fingerprint density at radius 1 is 1.40 bits per heavy atom. The number of halogens is 1. The zero-order valence-electron chi connectivity index (χ0n) is 8.14. The highest BCUT2D eigenvalue weighted by atomic mass is 32.1. The van der Waals surface area contributed by atoms with Crippen LogP contribution < -0.4 is 0 Å². The van der Waals surface area contributed by atoms with Crippen LogP contribution in [0.15, 0.2) is 30.5 Å². The van der Waals surface area contributed by atoms with Crippen molar-refractivity contribution in [2.75, 3.05) is 0 Å². The standard InChI is InChI=1S/C11H10FNOS/c1-7(14)10-6-13-11(15-10)8-4-2-3-5-9(8)12/h2-7,14H,1H3. The summed E-state index contributed by atoms with van der Waals surface area (Å²) in [6.07, 6.45) is 1.03. The second-order valence-electron chi connectivity index (χ2n) is 3.22. The predicted octanol–water partition coefficient (Wildman–Crippen LogP) is 3.00. The summed E-state index contributed by atoms with van der Waals surface area (Å²) in [6, 6.07) is 6.49. The molecule has 1 unspecified atom stereocenters. The number of thiazole rings is 1. The van der Waals surface area contributed by atoms with Crippen LogP contribution in [0, 0.1) is 5.82 Å². The van der Waals surface area contributed by atoms with Crippen LogP contribution in [0.1, 0.15) is 17.9 Å². The molecule has 78 valence electrons. The summed E-state index contributed by atoms with van der Waals surface area (Å²) in [7, 11) is 0. The van der Waals surface area contributed by atoms with Crippen LogP contribution in [0.2, 0.25) is 0 Å². The molecule has 0 amide bonds. The minimum absolute atomic E-state index is 0.288. The third-order valence-corrected chi connectivity index (χ3v) is 3.24. The maximum atomic E-state index is 13.4. The second kappa shape index (κ2) is 4.08. The molecule has 0 saturated carbocycles. The first kappa shape index (κ1) is 10.3. The summed E-state index contributed by atoms with van der Waals surface area (Å²) in [5.74, 6) is -0.288. The van der Waals surface area contributed by atoms with E-state index in [0.717, 1.165) is 4.88 Å². The Morgan fingerprint density at radius 2 is 2.13 bits per heavy atom. The van der Waals surface area contributed by atoms with Crippen molar-refractivity contribution in [2.45, 2.75) is 13.0 Å². The van der Waals surface area contributed by atoms with Gasteiger partial charge in [-0.1, -0.05) is 12.1 Å². The van der Waals surface area contributed by atoms with E-state index in [0.29, 0.717) is 10.6 Å². The van der Waals surface area contributed by atoms with Crippen molar-refractivity contribution in [1.29, 1.82) is 0 Å². The maximum absolute atomic E-state index is 13.4. The molecule has 1 heterocycles. The maximum Gasteiger partial charge on any atom is 0.133 e. The van der Waals surface area contributed by atoms with E-state index >= 15 is 0 Å². The van der Waals surface area contributed by atoms with Gasteiger partial charge in [0.1, 0.15) is 10.8 Å². The number of nitrogens with zero attached hydrogens (tertiary/aromatic N) is 1. The van der Waals surface area contributed by atoms with Crippen molar-refractivity contribution >= 4 is 11.3 Å². The molecule has 1 N–H and O–H groups in total. The highest BCUT2D eigenvalue weighted by molar-refractivity contribution is 7.15. The van der Waals surface area contributed by atoms with Crippen LogP contribution in [0.5, 0.6) is 0 Å². The van der Waals surface area contributed by atoms with E-state index in [1.807, 2.05) is 0 Å². The SMILES string of the molecule is CC(O)c1cnc(-c2ccccc2F)s1. The molecule has 1 aromatic carbocycles. The van der Waals surface area contributed by atoms with Crippen LogP contribution in [-0.2, 0) is 0 Å². The van der Waals surface area contributed by atoms with Crippen LogP contribution in [0.25, 0.3) is 10.6 Å². The number of aromatic nitrogens is 1. The van der Waals surface area contributed by atoms with Crippen molar-refractivity contribution in [3.05, 3.63) is 41.2 Å². The van der Waals surface area contributed by atoms with Gasteiger partial charge < -0.3 is 5.11 Å². The van der Waals surface area contributed by atoms with Crippen molar-refractivity contribution in [3.8, 4) is 10.6 Å². The van der Waals surface area contributed by atoms with Gasteiger partial charge in [0.15, 0.2) is 0 Å². The zero-order chi connectivity index (χ0) is 10.8. The van der Waals surface area contributed by atoms with Gasteiger partial charge in [0.2, 0.25) is 0 Å². The Balaban J connectivity index is 2.42. The number of hydrogen-bond donors (Lipinski definition) is 1. The summed E-state index contributed by atoms with van der Waals surface area (Å²) >= 11 is 1.31. The number of rotatable bonds is 2. The lowest BCUT2D eigenvalue weighted by molar-refractivity contribution is 0.203. The van der Waals surface area contributed by atoms with Crippen LogP contribution in [0.3, 0.4) is 0 Å². The molecule has 2 rings (SSSR count). The lowest BCUT2D eigenvalue weighted by atomic mass is 10.2. The molecule has 0 bridgehead atoms. The number of hydrogen-bond acceptors (Lipinski definition) is 3. The van der Waals surface area contributed by atoms with Crippen molar-refractivity contribution < 1.29 is 9.50 Å². The van der Waals surface area contributed by atoms with E-state index in [2.05, 4.69) is 4.98 Å². The van der Waals surface area contributed by atoms with Gasteiger partial charge in [-0.25, -0.2) is 9.37 Å². The zero-order valence-corrected chi connectivity index (χ0v) is 8.96. The highest BCUT2D eigenvalue weighted by Gasteiger charge is 2.11. The van der Waals surface area contributed by atoms with Crippen LogP contribution in [-0.4, -0.2) is 10.1 Å². The highest BCUT2D eigenvalue weighted by Crippen LogP contribution is 2.29. The van der Waals surface area contributed by atoms with E-state index in [1.54, 1.807) is 31.3 Å². The van der Waals surface area contributed by atoms with Gasteiger partial charge in [-0.05, 0) is 19.1 Å². The first-order valence-corrected chi connectivity index (χ1v) is 5.39. The molecule has 0 aliphatic heterocycles. The molecule has 4 heteroatoms. The van der Waals surface area contributed by atoms with Gasteiger partial charge in [0.05, 0.1) is 11.0 Å². The number of aliphatic hydroxyl groups is 1. The van der Waals surface area contributed by atoms with Gasteiger partial charge in [0, 0.05) is 11.8 Å². The minimum atomic E-state index is -0.553. The molecule has 0 fully saturated rings. The first-order valence-electron chi connectivity index (χ1n) is 4.57. The molecule has 15 heavy (non-hydrogen) atoms. The summed E-state index contributed by atoms with van der Waals surface area (Å²) in [5, 5.41) is 9.93. The summed E-state index contributed by atoms with van der Waals surface area (Å²) in [5.41, 5.74) is 0.481. The summed E-state index contributed by atoms with van der Waals surface area (Å²) in [4.78, 5) is 4.83. The molecule has 0 aliphatic rings. The van der Waals surface area contributed by atoms with E-state index in [9.17, 15) is 9.50 Å². The minimum Gasteiger partial charge on any atom is -0.388 e. The largest absolute Gasteiger partial charge is 0.388 e. The van der Waals surface area contributed by atoms with Gasteiger partial charge in [0.25, 0.3) is 0 Å². The van der Waals surface area contributed by atoms with Crippen LogP contribution >= 0.6 is 11.3 Å². The fourth-order valence-electron chi connectivity index (χ4n) is 1.24. The van der Waals surface area contributed by atoms with Gasteiger partial charge >= 0.3 is 0 Å². The third kappa shape index (κ3) is 2.06. The third-order valence-electron chi connectivity index (χ3n) is 2.04. The van der Waals surface area contributed by atoms with Crippen molar-refractivity contribution in [1.82, 2.24) is 4.98 Å². The Kier molecular flexibility index (Phi) is 2.79. The molecule has 2 nitrogen and oxygen atoms in total. The first-order chi connectivity index (χ1) is 7.18. The molecule has 0 saturated heterocycles. The number of aliphatic hydroxyl groups excluding tert-OH is 1. The fraction of sp³-hybridized carbons (Fsp3) is 0.182. The lowest BCUT2D eigenvalue weighted by Crippen LogP contribution is -1.83. The van der Waals surface area contributed by atoms with E-state index in [1.165, 1.54) is 17.4 Å². The van der Waals surface area contributed by atoms with Gasteiger partial charge in [-0.15, -0.1) is 11.3 Å². The number of benzene rings is 1. The monoisotopic (exact) mass is 223 g/mol. The molecule has 1 atom stereocenters. The fourth-order valence-corrected chi connectivity index (χ4v) is 2.12. The van der Waals surface area contributed by atoms with Gasteiger partial charge in [-0.2, -0.15) is 0 Å². The smallest absolute Gasteiger partial charge is 0.133 e. The lowest BCUT2D eigenvalue weighted by Gasteiger charge is -1.98. The Labute approximate surface area is 91.0 Å². The molecular weight excluding hydrogens is 213 g/mol. The molecule has 0 spiro atoms. The quantitative estimate of drug-likeness (QED) is 0.849. The van der Waals surface area contributed by atoms with Crippen molar-refractivity contribution in [2.24, 2.45) is 0 Å². The van der Waals surface area contributed by atoms with E-state index in [-0.39, 0.29) is 5.82 Å². The van der Waals surface area contributed by atoms with Crippen LogP contribution in [0.4, 0.5) is 4.39 Å². The summed E-state index contributed by atoms with van der Waals surface area (Å²) in [6.45, 7) is 1.67.